The molecule has 1 N–H and O–H groups in total. The van der Waals surface area contributed by atoms with Crippen LogP contribution in [0.4, 0.5) is 0 Å². The monoisotopic (exact) mass is 453 g/mol. The number of ether oxygens (including phenoxy) is 1. The van der Waals surface area contributed by atoms with Gasteiger partial charge in [0.25, 0.3) is 0 Å². The summed E-state index contributed by atoms with van der Waals surface area (Å²) in [7, 11) is 0. The van der Waals surface area contributed by atoms with Gasteiger partial charge in [-0.15, -0.1) is 0 Å². The van der Waals surface area contributed by atoms with Crippen molar-refractivity contribution in [3.05, 3.63) is 0 Å². The van der Waals surface area contributed by atoms with Gasteiger partial charge in [-0.25, -0.2) is 0 Å². The van der Waals surface area contributed by atoms with Gasteiger partial charge >= 0.3 is 0 Å². The van der Waals surface area contributed by atoms with Gasteiger partial charge in [0, 0.05) is 23.0 Å². The Morgan fingerprint density at radius 1 is 0.917 bits per heavy atom. The lowest BCUT2D eigenvalue weighted by Crippen LogP contribution is -2.34. The van der Waals surface area contributed by atoms with E-state index < -0.39 is 0 Å². The van der Waals surface area contributed by atoms with Crippen molar-refractivity contribution in [2.45, 2.75) is 97.0 Å². The highest BCUT2D eigenvalue weighted by Crippen LogP contribution is 2.40. The fourth-order valence-electron chi connectivity index (χ4n) is 2.03. The standard InChI is InChI=1S/C20H40INO2/c1-17(2,3)18(4,5)13-15-24-20(8,9)11-10-16(23)22-14-12-19(6,7)21/h10-15H2,1-9H3,(H,22,23). The Kier molecular flexibility index (Phi) is 9.26. The molecule has 0 saturated heterocycles. The molecule has 0 spiro atoms. The molecule has 0 fully saturated rings. The molecule has 24 heavy (non-hydrogen) atoms. The molecule has 0 aromatic carbocycles. The highest BCUT2D eigenvalue weighted by molar-refractivity contribution is 14.1. The van der Waals surface area contributed by atoms with Crippen molar-refractivity contribution in [3.8, 4) is 0 Å². The van der Waals surface area contributed by atoms with E-state index in [0.29, 0.717) is 6.42 Å². The van der Waals surface area contributed by atoms with Crippen LogP contribution in [-0.2, 0) is 9.53 Å². The quantitative estimate of drug-likeness (QED) is 0.338. The number of nitrogens with one attached hydrogen (secondary N) is 1. The molecule has 0 atom stereocenters. The second kappa shape index (κ2) is 9.20. The average Bonchev–Trinajstić information content (AvgIpc) is 2.33. The molecule has 4 heteroatoms. The first kappa shape index (κ1) is 24.2. The molecule has 0 radical (unpaired) electrons. The van der Waals surface area contributed by atoms with E-state index in [9.17, 15) is 4.79 Å². The number of hydrogen-bond donors (Lipinski definition) is 1. The maximum atomic E-state index is 12.0. The van der Waals surface area contributed by atoms with Crippen molar-refractivity contribution >= 4 is 28.5 Å². The Balaban J connectivity index is 4.12. The normalized spacial score (nSPS) is 13.9. The molecule has 1 amide bonds. The van der Waals surface area contributed by atoms with Crippen LogP contribution >= 0.6 is 22.6 Å². The summed E-state index contributed by atoms with van der Waals surface area (Å²) in [5.41, 5.74) is 0.230. The van der Waals surface area contributed by atoms with Crippen LogP contribution < -0.4 is 5.32 Å². The maximum Gasteiger partial charge on any atom is 0.220 e. The van der Waals surface area contributed by atoms with Gasteiger partial charge in [0.1, 0.15) is 0 Å². The number of hydrogen-bond acceptors (Lipinski definition) is 2. The second-order valence-corrected chi connectivity index (χ2v) is 12.7. The average molecular weight is 453 g/mol. The maximum absolute atomic E-state index is 12.0. The summed E-state index contributed by atoms with van der Waals surface area (Å²) in [6.07, 6.45) is 3.29. The first-order valence-corrected chi connectivity index (χ1v) is 10.2. The highest BCUT2D eigenvalue weighted by atomic mass is 127. The Hall–Kier alpha value is 0.160. The molecule has 3 nitrogen and oxygen atoms in total. The summed E-state index contributed by atoms with van der Waals surface area (Å²) in [5, 5.41) is 3.01. The van der Waals surface area contributed by atoms with Crippen LogP contribution in [0.3, 0.4) is 0 Å². The lowest BCUT2D eigenvalue weighted by atomic mass is 9.67. The van der Waals surface area contributed by atoms with Gasteiger partial charge in [-0.1, -0.05) is 71.1 Å². The molecule has 0 aliphatic heterocycles. The highest BCUT2D eigenvalue weighted by Gasteiger charge is 2.33. The summed E-state index contributed by atoms with van der Waals surface area (Å²) in [6, 6.07) is 0. The second-order valence-electron chi connectivity index (χ2n) is 9.81. The van der Waals surface area contributed by atoms with Crippen molar-refractivity contribution in [1.29, 1.82) is 0 Å². The minimum Gasteiger partial charge on any atom is -0.376 e. The third-order valence-electron chi connectivity index (χ3n) is 5.25. The molecule has 0 aliphatic carbocycles. The third kappa shape index (κ3) is 10.9. The first-order chi connectivity index (χ1) is 10.6. The smallest absolute Gasteiger partial charge is 0.220 e. The predicted octanol–water partition coefficient (Wildman–Crippen LogP) is 5.74. The topological polar surface area (TPSA) is 38.3 Å². The Morgan fingerprint density at radius 3 is 1.92 bits per heavy atom. The fourth-order valence-corrected chi connectivity index (χ4v) is 2.30. The molecule has 0 heterocycles. The molecule has 0 unspecified atom stereocenters. The minimum atomic E-state index is -0.256. The van der Waals surface area contributed by atoms with Crippen LogP contribution in [0.1, 0.15) is 88.0 Å². The number of carbonyl (C=O) groups is 1. The van der Waals surface area contributed by atoms with Crippen LogP contribution in [-0.4, -0.2) is 28.1 Å². The number of carbonyl (C=O) groups excluding carboxylic acids is 1. The largest absolute Gasteiger partial charge is 0.376 e. The van der Waals surface area contributed by atoms with E-state index in [4.69, 9.17) is 4.74 Å². The van der Waals surface area contributed by atoms with Crippen LogP contribution in [0.2, 0.25) is 0 Å². The van der Waals surface area contributed by atoms with E-state index in [-0.39, 0.29) is 25.8 Å². The summed E-state index contributed by atoms with van der Waals surface area (Å²) < 4.78 is 6.32. The number of rotatable bonds is 10. The van der Waals surface area contributed by atoms with Gasteiger partial charge in [0.15, 0.2) is 0 Å². The molecular weight excluding hydrogens is 413 g/mol. The summed E-state index contributed by atoms with van der Waals surface area (Å²) >= 11 is 2.41. The van der Waals surface area contributed by atoms with Gasteiger partial charge in [0.2, 0.25) is 5.91 Å². The van der Waals surface area contributed by atoms with Gasteiger partial charge in [0.05, 0.1) is 5.60 Å². The van der Waals surface area contributed by atoms with E-state index in [0.717, 1.165) is 32.4 Å². The molecule has 0 bridgehead atoms. The van der Waals surface area contributed by atoms with Gasteiger partial charge in [-0.05, 0) is 43.9 Å². The van der Waals surface area contributed by atoms with E-state index in [1.807, 2.05) is 0 Å². The van der Waals surface area contributed by atoms with Crippen molar-refractivity contribution in [1.82, 2.24) is 5.32 Å². The summed E-state index contributed by atoms with van der Waals surface area (Å²) in [6.45, 7) is 21.4. The van der Waals surface area contributed by atoms with Crippen molar-refractivity contribution in [2.75, 3.05) is 13.2 Å². The molecule has 0 rings (SSSR count). The zero-order valence-corrected chi connectivity index (χ0v) is 19.6. The zero-order chi connectivity index (χ0) is 19.2. The van der Waals surface area contributed by atoms with Crippen LogP contribution in [0.15, 0.2) is 0 Å². The number of halogens is 1. The third-order valence-corrected chi connectivity index (χ3v) is 5.79. The Bertz CT molecular complexity index is 389. The molecule has 0 aromatic rings. The lowest BCUT2D eigenvalue weighted by Gasteiger charge is -2.39. The van der Waals surface area contributed by atoms with Gasteiger partial charge < -0.3 is 10.1 Å². The van der Waals surface area contributed by atoms with E-state index in [1.165, 1.54) is 0 Å². The van der Waals surface area contributed by atoms with Crippen LogP contribution in [0.25, 0.3) is 0 Å². The van der Waals surface area contributed by atoms with Crippen LogP contribution in [0, 0.1) is 10.8 Å². The minimum absolute atomic E-state index is 0.127. The molecular formula is C20H40INO2. The Labute approximate surface area is 164 Å². The molecule has 0 aliphatic rings. The van der Waals surface area contributed by atoms with Gasteiger partial charge in [-0.3, -0.25) is 4.79 Å². The molecule has 144 valence electrons. The van der Waals surface area contributed by atoms with Crippen molar-refractivity contribution in [2.24, 2.45) is 10.8 Å². The molecule has 0 aromatic heterocycles. The lowest BCUT2D eigenvalue weighted by molar-refractivity contribution is -0.123. The Morgan fingerprint density at radius 2 is 1.46 bits per heavy atom. The first-order valence-electron chi connectivity index (χ1n) is 9.15. The van der Waals surface area contributed by atoms with E-state index >= 15 is 0 Å². The predicted molar refractivity (Wildman–Crippen MR) is 113 cm³/mol. The summed E-state index contributed by atoms with van der Waals surface area (Å²) in [5.74, 6) is 0.127. The van der Waals surface area contributed by atoms with Crippen LogP contribution in [0.5, 0.6) is 0 Å². The summed E-state index contributed by atoms with van der Waals surface area (Å²) in [4.78, 5) is 12.0. The van der Waals surface area contributed by atoms with E-state index in [2.05, 4.69) is 90.2 Å². The SMILES string of the molecule is CC(C)(I)CCNC(=O)CCC(C)(C)OCCC(C)(C)C(C)(C)C. The molecule has 0 saturated carbocycles. The zero-order valence-electron chi connectivity index (χ0n) is 17.4. The van der Waals surface area contributed by atoms with Crippen molar-refractivity contribution in [3.63, 3.8) is 0 Å². The van der Waals surface area contributed by atoms with Crippen molar-refractivity contribution < 1.29 is 9.53 Å². The fraction of sp³-hybridized carbons (Fsp3) is 0.950. The number of alkyl halides is 1. The van der Waals surface area contributed by atoms with Gasteiger partial charge in [-0.2, -0.15) is 0 Å². The number of amides is 1. The van der Waals surface area contributed by atoms with E-state index in [1.54, 1.807) is 0 Å².